The van der Waals surface area contributed by atoms with E-state index in [4.69, 9.17) is 0 Å². The number of rotatable bonds is 6. The molecule has 2 aromatic carbocycles. The van der Waals surface area contributed by atoms with Crippen LogP contribution in [-0.2, 0) is 16.4 Å². The van der Waals surface area contributed by atoms with E-state index < -0.39 is 10.0 Å². The molecule has 1 N–H and O–H groups in total. The predicted octanol–water partition coefficient (Wildman–Crippen LogP) is 3.49. The number of nitrogens with one attached hydrogen (secondary N) is 1. The van der Waals surface area contributed by atoms with Crippen LogP contribution in [-0.4, -0.2) is 46.5 Å². The number of likely N-dealkylation sites (N-methyl/N-ethyl adjacent to an activating group) is 1. The second-order valence-corrected chi connectivity index (χ2v) is 10.1. The molecule has 0 aromatic heterocycles. The molecule has 0 saturated carbocycles. The molecular weight excluding hydrogens is 382 g/mol. The number of likely N-dealkylation sites (tertiary alicyclic amines) is 1. The third kappa shape index (κ3) is 4.49. The van der Waals surface area contributed by atoms with Gasteiger partial charge in [0, 0.05) is 31.9 Å². The average molecular weight is 414 g/mol. The quantitative estimate of drug-likeness (QED) is 0.788. The molecule has 6 heteroatoms. The second kappa shape index (κ2) is 8.46. The van der Waals surface area contributed by atoms with E-state index in [1.165, 1.54) is 36.1 Å². The molecule has 4 rings (SSSR count). The molecule has 1 saturated heterocycles. The Morgan fingerprint density at radius 2 is 1.72 bits per heavy atom. The van der Waals surface area contributed by atoms with Crippen molar-refractivity contribution < 1.29 is 8.42 Å². The third-order valence-electron chi connectivity index (χ3n) is 6.25. The monoisotopic (exact) mass is 413 g/mol. The summed E-state index contributed by atoms with van der Waals surface area (Å²) in [5.41, 5.74) is 4.94. The minimum absolute atomic E-state index is 0.0618. The van der Waals surface area contributed by atoms with Gasteiger partial charge in [0.1, 0.15) is 0 Å². The van der Waals surface area contributed by atoms with Gasteiger partial charge in [0.05, 0.1) is 4.90 Å². The molecule has 0 spiro atoms. The summed E-state index contributed by atoms with van der Waals surface area (Å²) in [7, 11) is -1.40. The highest BCUT2D eigenvalue weighted by molar-refractivity contribution is 7.89. The fourth-order valence-corrected chi connectivity index (χ4v) is 5.51. The molecule has 5 nitrogen and oxygen atoms in total. The Morgan fingerprint density at radius 1 is 1.00 bits per heavy atom. The summed E-state index contributed by atoms with van der Waals surface area (Å²) in [6.45, 7) is 5.45. The van der Waals surface area contributed by atoms with E-state index in [2.05, 4.69) is 39.8 Å². The molecule has 0 unspecified atom stereocenters. The lowest BCUT2D eigenvalue weighted by Crippen LogP contribution is -2.40. The van der Waals surface area contributed by atoms with Crippen LogP contribution < -0.4 is 9.62 Å². The van der Waals surface area contributed by atoms with Crippen LogP contribution in [0.25, 0.3) is 0 Å². The van der Waals surface area contributed by atoms with Gasteiger partial charge < -0.3 is 4.90 Å². The lowest BCUT2D eigenvalue weighted by Gasteiger charge is -2.35. The van der Waals surface area contributed by atoms with Gasteiger partial charge in [-0.3, -0.25) is 4.90 Å². The van der Waals surface area contributed by atoms with Crippen molar-refractivity contribution in [2.45, 2.75) is 43.5 Å². The maximum Gasteiger partial charge on any atom is 0.240 e. The first-order valence-corrected chi connectivity index (χ1v) is 12.1. The lowest BCUT2D eigenvalue weighted by molar-refractivity contribution is 0.164. The molecule has 2 aliphatic heterocycles. The highest BCUT2D eigenvalue weighted by atomic mass is 32.2. The van der Waals surface area contributed by atoms with Crippen molar-refractivity contribution in [2.75, 3.05) is 38.1 Å². The summed E-state index contributed by atoms with van der Waals surface area (Å²) in [4.78, 5) is 5.06. The summed E-state index contributed by atoms with van der Waals surface area (Å²) in [5.74, 6) is 0. The van der Waals surface area contributed by atoms with Gasteiger partial charge in [-0.15, -0.1) is 0 Å². The number of piperidine rings is 1. The van der Waals surface area contributed by atoms with Gasteiger partial charge in [0.25, 0.3) is 0 Å². The van der Waals surface area contributed by atoms with Crippen LogP contribution in [0.1, 0.15) is 42.0 Å². The molecule has 2 aliphatic rings. The summed E-state index contributed by atoms with van der Waals surface area (Å²) in [5, 5.41) is 0. The van der Waals surface area contributed by atoms with Gasteiger partial charge in [-0.2, -0.15) is 0 Å². The van der Waals surface area contributed by atoms with Crippen molar-refractivity contribution in [2.24, 2.45) is 0 Å². The molecule has 0 amide bonds. The van der Waals surface area contributed by atoms with Crippen LogP contribution in [0.2, 0.25) is 0 Å². The topological polar surface area (TPSA) is 52.7 Å². The zero-order valence-electron chi connectivity index (χ0n) is 17.4. The van der Waals surface area contributed by atoms with Gasteiger partial charge in [0.2, 0.25) is 10.0 Å². The Morgan fingerprint density at radius 3 is 2.45 bits per heavy atom. The Kier molecular flexibility index (Phi) is 5.95. The molecule has 29 heavy (non-hydrogen) atoms. The zero-order valence-corrected chi connectivity index (χ0v) is 18.2. The van der Waals surface area contributed by atoms with Gasteiger partial charge in [-0.05, 0) is 68.6 Å². The average Bonchev–Trinajstić information content (AvgIpc) is 3.09. The van der Waals surface area contributed by atoms with E-state index in [9.17, 15) is 8.42 Å². The van der Waals surface area contributed by atoms with E-state index in [0.29, 0.717) is 11.4 Å². The van der Waals surface area contributed by atoms with Crippen LogP contribution >= 0.6 is 0 Å². The van der Waals surface area contributed by atoms with Crippen LogP contribution in [0.3, 0.4) is 0 Å². The van der Waals surface area contributed by atoms with Crippen molar-refractivity contribution in [1.82, 2.24) is 9.62 Å². The minimum Gasteiger partial charge on any atom is -0.374 e. The SMILES string of the molecule is Cc1ccc(S(=O)(=O)NC[C@@H](c2ccc3c(c2)CCN3C)N2CCCCC2)cc1. The fourth-order valence-electron chi connectivity index (χ4n) is 4.47. The molecule has 2 heterocycles. The van der Waals surface area contributed by atoms with E-state index in [1.807, 2.05) is 19.1 Å². The van der Waals surface area contributed by atoms with Gasteiger partial charge >= 0.3 is 0 Å². The smallest absolute Gasteiger partial charge is 0.240 e. The molecular formula is C23H31N3O2S. The molecule has 0 bridgehead atoms. The highest BCUT2D eigenvalue weighted by Crippen LogP contribution is 2.32. The van der Waals surface area contributed by atoms with Crippen molar-refractivity contribution in [3.05, 3.63) is 59.2 Å². The molecule has 0 aliphatic carbocycles. The van der Waals surface area contributed by atoms with Crippen molar-refractivity contribution in [3.63, 3.8) is 0 Å². The molecule has 0 radical (unpaired) electrons. The first-order valence-electron chi connectivity index (χ1n) is 10.6. The summed E-state index contributed by atoms with van der Waals surface area (Å²) in [6, 6.07) is 13.8. The van der Waals surface area contributed by atoms with Crippen molar-refractivity contribution in [3.8, 4) is 0 Å². The molecule has 1 fully saturated rings. The number of fused-ring (bicyclic) bond motifs is 1. The normalized spacial score (nSPS) is 18.6. The lowest BCUT2D eigenvalue weighted by atomic mass is 9.99. The second-order valence-electron chi connectivity index (χ2n) is 8.34. The number of hydrogen-bond donors (Lipinski definition) is 1. The van der Waals surface area contributed by atoms with Crippen LogP contribution in [0.15, 0.2) is 47.4 Å². The largest absolute Gasteiger partial charge is 0.374 e. The maximum absolute atomic E-state index is 12.9. The summed E-state index contributed by atoms with van der Waals surface area (Å²) >= 11 is 0. The number of sulfonamides is 1. The first kappa shape index (κ1) is 20.4. The zero-order chi connectivity index (χ0) is 20.4. The molecule has 156 valence electrons. The molecule has 1 atom stereocenters. The Labute approximate surface area is 174 Å². The molecule has 2 aromatic rings. The van der Waals surface area contributed by atoms with Crippen molar-refractivity contribution >= 4 is 15.7 Å². The maximum atomic E-state index is 12.9. The standard InChI is InChI=1S/C23H31N3O2S/c1-18-6-9-21(10-7-18)29(27,28)24-17-23(26-13-4-3-5-14-26)19-8-11-22-20(16-19)12-15-25(22)2/h6-11,16,23-24H,3-5,12-15,17H2,1-2H3/t23-/m0/s1. The van der Waals surface area contributed by atoms with E-state index in [1.54, 1.807) is 12.1 Å². The van der Waals surface area contributed by atoms with Crippen LogP contribution in [0, 0.1) is 6.92 Å². The first-order chi connectivity index (χ1) is 13.9. The van der Waals surface area contributed by atoms with Gasteiger partial charge in [0.15, 0.2) is 0 Å². The minimum atomic E-state index is -3.52. The van der Waals surface area contributed by atoms with Crippen LogP contribution in [0.4, 0.5) is 5.69 Å². The fraction of sp³-hybridized carbons (Fsp3) is 0.478. The van der Waals surface area contributed by atoms with E-state index in [0.717, 1.165) is 31.6 Å². The number of hydrogen-bond acceptors (Lipinski definition) is 4. The Balaban J connectivity index is 1.57. The Bertz CT molecular complexity index is 951. The van der Waals surface area contributed by atoms with Crippen molar-refractivity contribution in [1.29, 1.82) is 0 Å². The van der Waals surface area contributed by atoms with Gasteiger partial charge in [-0.25, -0.2) is 13.1 Å². The number of nitrogens with zero attached hydrogens (tertiary/aromatic N) is 2. The summed E-state index contributed by atoms with van der Waals surface area (Å²) in [6.07, 6.45) is 4.67. The number of anilines is 1. The van der Waals surface area contributed by atoms with Gasteiger partial charge in [-0.1, -0.05) is 36.2 Å². The predicted molar refractivity (Wildman–Crippen MR) is 118 cm³/mol. The highest BCUT2D eigenvalue weighted by Gasteiger charge is 2.26. The Hall–Kier alpha value is -1.89. The van der Waals surface area contributed by atoms with E-state index in [-0.39, 0.29) is 6.04 Å². The van der Waals surface area contributed by atoms with E-state index >= 15 is 0 Å². The summed E-state index contributed by atoms with van der Waals surface area (Å²) < 4.78 is 28.6. The van der Waals surface area contributed by atoms with Crippen LogP contribution in [0.5, 0.6) is 0 Å². The number of aryl methyl sites for hydroxylation is 1. The third-order valence-corrected chi connectivity index (χ3v) is 7.69. The number of benzene rings is 2.